The molecule has 0 aromatic carbocycles. The van der Waals surface area contributed by atoms with Crippen LogP contribution in [0.5, 0.6) is 0 Å². The number of aromatic nitrogens is 1. The van der Waals surface area contributed by atoms with Crippen molar-refractivity contribution in [3.63, 3.8) is 0 Å². The third-order valence-corrected chi connectivity index (χ3v) is 2.10. The van der Waals surface area contributed by atoms with Crippen molar-refractivity contribution in [3.05, 3.63) is 42.7 Å². The molecule has 2 N–H and O–H groups in total. The second-order valence-corrected chi connectivity index (χ2v) is 3.27. The van der Waals surface area contributed by atoms with Crippen LogP contribution in [0.25, 0.3) is 0 Å². The van der Waals surface area contributed by atoms with Gasteiger partial charge in [0.25, 0.3) is 5.91 Å². The molecule has 0 aliphatic carbocycles. The maximum absolute atomic E-state index is 11.7. The van der Waals surface area contributed by atoms with E-state index in [1.54, 1.807) is 18.2 Å². The highest BCUT2D eigenvalue weighted by Crippen LogP contribution is 2.02. The topological polar surface area (TPSA) is 59.2 Å². The van der Waals surface area contributed by atoms with E-state index in [-0.39, 0.29) is 5.91 Å². The number of amides is 1. The van der Waals surface area contributed by atoms with Crippen molar-refractivity contribution in [2.45, 2.75) is 6.42 Å². The monoisotopic (exact) mass is 221 g/mol. The Balaban J connectivity index is 2.77. The number of nitrogens with two attached hydrogens (primary N) is 1. The fraction of sp³-hybridized carbons (Fsp3) is 0.100. The third kappa shape index (κ3) is 2.93. The summed E-state index contributed by atoms with van der Waals surface area (Å²) in [7, 11) is 0. The van der Waals surface area contributed by atoms with Gasteiger partial charge in [-0.15, -0.1) is 6.58 Å². The van der Waals surface area contributed by atoms with E-state index in [1.807, 2.05) is 0 Å². The molecule has 78 valence electrons. The molecular formula is C10H11N3OS. The largest absolute Gasteiger partial charge is 0.273 e. The molecular weight excluding hydrogens is 210 g/mol. The van der Waals surface area contributed by atoms with Gasteiger partial charge in [-0.3, -0.25) is 9.78 Å². The molecule has 0 aliphatic rings. The normalized spacial score (nSPS) is 9.40. The number of hydrazine groups is 1. The molecule has 1 aromatic heterocycles. The molecule has 5 heteroatoms. The molecule has 0 aliphatic heterocycles. The van der Waals surface area contributed by atoms with Crippen LogP contribution >= 0.6 is 12.2 Å². The number of thiocarbonyl (C=S) groups is 1. The van der Waals surface area contributed by atoms with Crippen LogP contribution in [0.15, 0.2) is 37.2 Å². The van der Waals surface area contributed by atoms with Crippen molar-refractivity contribution >= 4 is 23.1 Å². The summed E-state index contributed by atoms with van der Waals surface area (Å²) >= 11 is 4.95. The van der Waals surface area contributed by atoms with Gasteiger partial charge < -0.3 is 0 Å². The van der Waals surface area contributed by atoms with E-state index in [0.29, 0.717) is 17.0 Å². The van der Waals surface area contributed by atoms with E-state index in [4.69, 9.17) is 18.1 Å². The number of carbonyl (C=O) groups excluding carboxylic acids is 1. The van der Waals surface area contributed by atoms with Crippen LogP contribution < -0.4 is 5.84 Å². The van der Waals surface area contributed by atoms with E-state index in [9.17, 15) is 4.79 Å². The smallest absolute Gasteiger partial charge is 0.267 e. The molecule has 0 bridgehead atoms. The van der Waals surface area contributed by atoms with Crippen LogP contribution in [0, 0.1) is 0 Å². The van der Waals surface area contributed by atoms with Gasteiger partial charge in [0, 0.05) is 24.4 Å². The molecule has 1 amide bonds. The molecule has 15 heavy (non-hydrogen) atoms. The summed E-state index contributed by atoms with van der Waals surface area (Å²) in [5.74, 6) is 5.21. The number of rotatable bonds is 3. The Morgan fingerprint density at radius 1 is 1.60 bits per heavy atom. The molecule has 0 atom stereocenters. The van der Waals surface area contributed by atoms with Crippen LogP contribution in [-0.4, -0.2) is 20.9 Å². The molecule has 4 nitrogen and oxygen atoms in total. The summed E-state index contributed by atoms with van der Waals surface area (Å²) in [5, 5.41) is 0.951. The minimum Gasteiger partial charge on any atom is -0.267 e. The maximum atomic E-state index is 11.7. The first-order chi connectivity index (χ1) is 7.16. The zero-order valence-electron chi connectivity index (χ0n) is 8.09. The molecule has 0 saturated heterocycles. The van der Waals surface area contributed by atoms with Crippen molar-refractivity contribution < 1.29 is 4.79 Å². The first-order valence-electron chi connectivity index (χ1n) is 4.29. The summed E-state index contributed by atoms with van der Waals surface area (Å²) in [6.45, 7) is 3.52. The Hall–Kier alpha value is -1.59. The molecule has 0 fully saturated rings. The predicted octanol–water partition coefficient (Wildman–Crippen LogP) is 1.30. The number of nitrogens with zero attached hydrogens (tertiary/aromatic N) is 2. The SMILES string of the molecule is C=CCC(=S)N(N)C(=O)c1ccncc1. The lowest BCUT2D eigenvalue weighted by molar-refractivity contribution is 0.0848. The van der Waals surface area contributed by atoms with Crippen LogP contribution in [0.3, 0.4) is 0 Å². The van der Waals surface area contributed by atoms with E-state index in [2.05, 4.69) is 11.6 Å². The molecule has 1 rings (SSSR count). The van der Waals surface area contributed by atoms with Gasteiger partial charge in [0.1, 0.15) is 4.99 Å². The molecule has 0 spiro atoms. The molecule has 1 heterocycles. The lowest BCUT2D eigenvalue weighted by Gasteiger charge is -2.16. The number of carbonyl (C=O) groups is 1. The summed E-state index contributed by atoms with van der Waals surface area (Å²) in [6, 6.07) is 3.16. The van der Waals surface area contributed by atoms with Crippen molar-refractivity contribution in [3.8, 4) is 0 Å². The Morgan fingerprint density at radius 3 is 2.73 bits per heavy atom. The van der Waals surface area contributed by atoms with E-state index < -0.39 is 0 Å². The maximum Gasteiger partial charge on any atom is 0.273 e. The van der Waals surface area contributed by atoms with Gasteiger partial charge in [-0.2, -0.15) is 0 Å². The summed E-state index contributed by atoms with van der Waals surface area (Å²) in [6.07, 6.45) is 5.06. The minimum absolute atomic E-state index is 0.340. The van der Waals surface area contributed by atoms with Gasteiger partial charge >= 0.3 is 0 Å². The zero-order valence-corrected chi connectivity index (χ0v) is 8.91. The summed E-state index contributed by atoms with van der Waals surface area (Å²) in [4.78, 5) is 15.9. The highest BCUT2D eigenvalue weighted by atomic mass is 32.1. The molecule has 0 unspecified atom stereocenters. The average Bonchev–Trinajstić information content (AvgIpc) is 2.28. The number of hydrogen-bond donors (Lipinski definition) is 1. The number of hydrogen-bond acceptors (Lipinski definition) is 4. The van der Waals surface area contributed by atoms with Gasteiger partial charge in [-0.1, -0.05) is 18.3 Å². The van der Waals surface area contributed by atoms with Gasteiger partial charge in [-0.25, -0.2) is 10.9 Å². The Morgan fingerprint density at radius 2 is 2.20 bits per heavy atom. The lowest BCUT2D eigenvalue weighted by atomic mass is 10.2. The lowest BCUT2D eigenvalue weighted by Crippen LogP contribution is -2.41. The second kappa shape index (κ2) is 5.33. The van der Waals surface area contributed by atoms with Crippen molar-refractivity contribution in [1.82, 2.24) is 9.99 Å². The van der Waals surface area contributed by atoms with Crippen LogP contribution in [-0.2, 0) is 0 Å². The third-order valence-electron chi connectivity index (χ3n) is 1.73. The molecule has 0 saturated carbocycles. The highest BCUT2D eigenvalue weighted by Gasteiger charge is 2.14. The van der Waals surface area contributed by atoms with Crippen LogP contribution in [0.1, 0.15) is 16.8 Å². The minimum atomic E-state index is -0.343. The Bertz CT molecular complexity index is 378. The van der Waals surface area contributed by atoms with E-state index in [1.165, 1.54) is 12.4 Å². The van der Waals surface area contributed by atoms with Crippen molar-refractivity contribution in [2.75, 3.05) is 0 Å². The van der Waals surface area contributed by atoms with Crippen LogP contribution in [0.4, 0.5) is 0 Å². The summed E-state index contributed by atoms with van der Waals surface area (Å²) in [5.41, 5.74) is 0.457. The standard InChI is InChI=1S/C10H11N3OS/c1-2-3-9(15)13(11)10(14)8-4-6-12-7-5-8/h2,4-7H,1,3,11H2. The van der Waals surface area contributed by atoms with Gasteiger partial charge in [0.15, 0.2) is 0 Å². The van der Waals surface area contributed by atoms with Gasteiger partial charge in [-0.05, 0) is 12.1 Å². The Labute approximate surface area is 93.4 Å². The average molecular weight is 221 g/mol. The zero-order chi connectivity index (χ0) is 11.3. The van der Waals surface area contributed by atoms with E-state index >= 15 is 0 Å². The second-order valence-electron chi connectivity index (χ2n) is 2.80. The fourth-order valence-corrected chi connectivity index (χ4v) is 1.17. The van der Waals surface area contributed by atoms with E-state index in [0.717, 1.165) is 5.01 Å². The van der Waals surface area contributed by atoms with Crippen molar-refractivity contribution in [2.24, 2.45) is 5.84 Å². The fourth-order valence-electron chi connectivity index (χ4n) is 0.969. The molecule has 1 aromatic rings. The highest BCUT2D eigenvalue weighted by molar-refractivity contribution is 7.80. The Kier molecular flexibility index (Phi) is 4.08. The summed E-state index contributed by atoms with van der Waals surface area (Å²) < 4.78 is 0. The number of pyridine rings is 1. The quantitative estimate of drug-likeness (QED) is 0.275. The van der Waals surface area contributed by atoms with Gasteiger partial charge in [0.2, 0.25) is 0 Å². The first-order valence-corrected chi connectivity index (χ1v) is 4.70. The van der Waals surface area contributed by atoms with Crippen molar-refractivity contribution in [1.29, 1.82) is 0 Å². The first kappa shape index (κ1) is 11.5. The van der Waals surface area contributed by atoms with Crippen LogP contribution in [0.2, 0.25) is 0 Å². The molecule has 0 radical (unpaired) electrons. The predicted molar refractivity (Wildman–Crippen MR) is 62.0 cm³/mol. The van der Waals surface area contributed by atoms with Gasteiger partial charge in [0.05, 0.1) is 0 Å².